The zero-order valence-electron chi connectivity index (χ0n) is 17.3. The zero-order valence-corrected chi connectivity index (χ0v) is 17.3. The summed E-state index contributed by atoms with van der Waals surface area (Å²) < 4.78 is 1.85. The Labute approximate surface area is 180 Å². The molecule has 0 saturated carbocycles. The molecule has 1 aliphatic heterocycles. The molecule has 6 nitrogen and oxygen atoms in total. The second-order valence-corrected chi connectivity index (χ2v) is 8.18. The fourth-order valence-electron chi connectivity index (χ4n) is 4.50. The highest BCUT2D eigenvalue weighted by molar-refractivity contribution is 6.02. The molecule has 0 unspecified atom stereocenters. The predicted molar refractivity (Wildman–Crippen MR) is 119 cm³/mol. The average Bonchev–Trinajstić information content (AvgIpc) is 3.38. The van der Waals surface area contributed by atoms with Gasteiger partial charge in [-0.15, -0.1) is 0 Å². The average molecular weight is 412 g/mol. The number of carbonyl (C=O) groups excluding carboxylic acids is 1. The number of aromatic nitrogens is 3. The Kier molecular flexibility index (Phi) is 5.00. The number of aliphatic hydroxyl groups is 1. The van der Waals surface area contributed by atoms with Gasteiger partial charge in [0.15, 0.2) is 0 Å². The number of likely N-dealkylation sites (tertiary alicyclic amines) is 1. The summed E-state index contributed by atoms with van der Waals surface area (Å²) in [6.45, 7) is 0.914. The standard InChI is InChI=1S/C25H24N4O2/c1-28-23(9-12-27-28)22-4-2-3-18-14-19(5-6-21(18)22)25(31)29-15-20(24(30)16-29)13-17-7-10-26-11-8-17/h2-12,14,20,24,30H,13,15-16H2,1H3/t20-,24+/m1/s1. The Morgan fingerprint density at radius 2 is 1.90 bits per heavy atom. The van der Waals surface area contributed by atoms with E-state index in [9.17, 15) is 9.90 Å². The van der Waals surface area contributed by atoms with E-state index in [0.717, 1.165) is 34.0 Å². The summed E-state index contributed by atoms with van der Waals surface area (Å²) >= 11 is 0. The van der Waals surface area contributed by atoms with Gasteiger partial charge in [-0.1, -0.05) is 24.3 Å². The molecule has 0 radical (unpaired) electrons. The Bertz CT molecular complexity index is 1230. The van der Waals surface area contributed by atoms with Crippen molar-refractivity contribution in [2.45, 2.75) is 12.5 Å². The number of β-amino-alcohol motifs (C(OH)–C–C–N with tert-alkyl or cyclic N) is 1. The molecule has 0 spiro atoms. The largest absolute Gasteiger partial charge is 0.391 e. The Morgan fingerprint density at radius 3 is 2.68 bits per heavy atom. The second kappa shape index (κ2) is 7.96. The lowest BCUT2D eigenvalue weighted by atomic mass is 9.97. The molecule has 0 aliphatic carbocycles. The van der Waals surface area contributed by atoms with Crippen molar-refractivity contribution in [3.05, 3.63) is 84.3 Å². The van der Waals surface area contributed by atoms with E-state index in [-0.39, 0.29) is 11.8 Å². The molecule has 0 bridgehead atoms. The van der Waals surface area contributed by atoms with Crippen LogP contribution in [0, 0.1) is 5.92 Å². The number of amides is 1. The highest BCUT2D eigenvalue weighted by Gasteiger charge is 2.34. The van der Waals surface area contributed by atoms with Crippen LogP contribution in [0.3, 0.4) is 0 Å². The minimum absolute atomic E-state index is 0.0308. The van der Waals surface area contributed by atoms with Gasteiger partial charge in [-0.3, -0.25) is 14.5 Å². The molecule has 6 heteroatoms. The Morgan fingerprint density at radius 1 is 1.06 bits per heavy atom. The summed E-state index contributed by atoms with van der Waals surface area (Å²) in [6.07, 6.45) is 5.52. The number of rotatable bonds is 4. The molecule has 31 heavy (non-hydrogen) atoms. The third kappa shape index (κ3) is 3.70. The monoisotopic (exact) mass is 412 g/mol. The lowest BCUT2D eigenvalue weighted by molar-refractivity contribution is 0.0765. The van der Waals surface area contributed by atoms with Crippen LogP contribution >= 0.6 is 0 Å². The number of nitrogens with zero attached hydrogens (tertiary/aromatic N) is 4. The van der Waals surface area contributed by atoms with Crippen LogP contribution in [-0.4, -0.2) is 49.9 Å². The van der Waals surface area contributed by atoms with Gasteiger partial charge in [-0.2, -0.15) is 5.10 Å². The molecule has 1 saturated heterocycles. The minimum Gasteiger partial charge on any atom is -0.391 e. The van der Waals surface area contributed by atoms with Crippen LogP contribution in [0.1, 0.15) is 15.9 Å². The third-order valence-corrected chi connectivity index (χ3v) is 6.17. The van der Waals surface area contributed by atoms with Crippen molar-refractivity contribution in [1.29, 1.82) is 0 Å². The van der Waals surface area contributed by atoms with E-state index in [1.54, 1.807) is 23.5 Å². The number of aliphatic hydroxyl groups excluding tert-OH is 1. The molecule has 3 heterocycles. The number of aryl methyl sites for hydroxylation is 1. The van der Waals surface area contributed by atoms with E-state index in [0.29, 0.717) is 18.7 Å². The van der Waals surface area contributed by atoms with Gasteiger partial charge in [-0.05, 0) is 53.1 Å². The van der Waals surface area contributed by atoms with Crippen LogP contribution in [0.25, 0.3) is 22.0 Å². The summed E-state index contributed by atoms with van der Waals surface area (Å²) in [6, 6.07) is 17.8. The first kappa shape index (κ1) is 19.5. The Hall–Kier alpha value is -3.51. The van der Waals surface area contributed by atoms with E-state index in [1.807, 2.05) is 60.3 Å². The first-order valence-corrected chi connectivity index (χ1v) is 10.5. The smallest absolute Gasteiger partial charge is 0.253 e. The van der Waals surface area contributed by atoms with Gasteiger partial charge in [0.25, 0.3) is 5.91 Å². The van der Waals surface area contributed by atoms with Crippen molar-refractivity contribution in [2.75, 3.05) is 13.1 Å². The normalized spacial score (nSPS) is 18.6. The van der Waals surface area contributed by atoms with Gasteiger partial charge in [0, 0.05) is 55.8 Å². The molecule has 1 aliphatic rings. The van der Waals surface area contributed by atoms with E-state index >= 15 is 0 Å². The van der Waals surface area contributed by atoms with Gasteiger partial charge >= 0.3 is 0 Å². The van der Waals surface area contributed by atoms with Gasteiger partial charge < -0.3 is 10.0 Å². The predicted octanol–water partition coefficient (Wildman–Crippen LogP) is 3.31. The van der Waals surface area contributed by atoms with Crippen LogP contribution in [-0.2, 0) is 13.5 Å². The van der Waals surface area contributed by atoms with Crippen LogP contribution in [0.5, 0.6) is 0 Å². The molecule has 5 rings (SSSR count). The number of hydrogen-bond acceptors (Lipinski definition) is 4. The van der Waals surface area contributed by atoms with Crippen molar-refractivity contribution >= 4 is 16.7 Å². The second-order valence-electron chi connectivity index (χ2n) is 8.18. The topological polar surface area (TPSA) is 71.2 Å². The fraction of sp³-hybridized carbons (Fsp3) is 0.240. The van der Waals surface area contributed by atoms with Crippen molar-refractivity contribution in [3.63, 3.8) is 0 Å². The van der Waals surface area contributed by atoms with Gasteiger partial charge in [0.05, 0.1) is 11.8 Å². The number of pyridine rings is 1. The first-order valence-electron chi connectivity index (χ1n) is 10.5. The fourth-order valence-corrected chi connectivity index (χ4v) is 4.50. The minimum atomic E-state index is -0.519. The van der Waals surface area contributed by atoms with Crippen molar-refractivity contribution in [1.82, 2.24) is 19.7 Å². The zero-order chi connectivity index (χ0) is 21.4. The Balaban J connectivity index is 1.38. The molecule has 1 N–H and O–H groups in total. The molecule has 156 valence electrons. The van der Waals surface area contributed by atoms with Crippen LogP contribution in [0.15, 0.2) is 73.2 Å². The van der Waals surface area contributed by atoms with Crippen molar-refractivity contribution < 1.29 is 9.90 Å². The number of fused-ring (bicyclic) bond motifs is 1. The van der Waals surface area contributed by atoms with Gasteiger partial charge in [0.1, 0.15) is 0 Å². The summed E-state index contributed by atoms with van der Waals surface area (Å²) in [5.41, 5.74) is 3.89. The molecular formula is C25H24N4O2. The molecular weight excluding hydrogens is 388 g/mol. The summed E-state index contributed by atoms with van der Waals surface area (Å²) in [7, 11) is 1.92. The van der Waals surface area contributed by atoms with Crippen molar-refractivity contribution in [2.24, 2.45) is 13.0 Å². The van der Waals surface area contributed by atoms with E-state index in [4.69, 9.17) is 0 Å². The third-order valence-electron chi connectivity index (χ3n) is 6.17. The van der Waals surface area contributed by atoms with Crippen molar-refractivity contribution in [3.8, 4) is 11.3 Å². The highest BCUT2D eigenvalue weighted by Crippen LogP contribution is 2.30. The SMILES string of the molecule is Cn1nccc1-c1cccc2cc(C(=O)N3C[C@@H](Cc4ccncc4)[C@@H](O)C3)ccc12. The van der Waals surface area contributed by atoms with E-state index in [2.05, 4.69) is 16.1 Å². The maximum absolute atomic E-state index is 13.2. The highest BCUT2D eigenvalue weighted by atomic mass is 16.3. The first-order chi connectivity index (χ1) is 15.1. The van der Waals surface area contributed by atoms with E-state index < -0.39 is 6.10 Å². The van der Waals surface area contributed by atoms with E-state index in [1.165, 1.54) is 0 Å². The lowest BCUT2D eigenvalue weighted by Crippen LogP contribution is -2.29. The summed E-state index contributed by atoms with van der Waals surface area (Å²) in [4.78, 5) is 19.0. The van der Waals surface area contributed by atoms with Crippen LogP contribution in [0.4, 0.5) is 0 Å². The quantitative estimate of drug-likeness (QED) is 0.558. The molecule has 1 amide bonds. The van der Waals surface area contributed by atoms with Gasteiger partial charge in [-0.25, -0.2) is 0 Å². The molecule has 1 fully saturated rings. The number of hydrogen-bond donors (Lipinski definition) is 1. The molecule has 2 atom stereocenters. The molecule has 4 aromatic rings. The maximum atomic E-state index is 13.2. The van der Waals surface area contributed by atoms with Crippen LogP contribution < -0.4 is 0 Å². The number of benzene rings is 2. The summed E-state index contributed by atoms with van der Waals surface area (Å²) in [5, 5.41) is 16.9. The van der Waals surface area contributed by atoms with Gasteiger partial charge in [0.2, 0.25) is 0 Å². The molecule has 2 aromatic carbocycles. The number of carbonyl (C=O) groups is 1. The lowest BCUT2D eigenvalue weighted by Gasteiger charge is -2.17. The summed E-state index contributed by atoms with van der Waals surface area (Å²) in [5.74, 6) is -0.00707. The molecule has 2 aromatic heterocycles. The van der Waals surface area contributed by atoms with Crippen LogP contribution in [0.2, 0.25) is 0 Å². The maximum Gasteiger partial charge on any atom is 0.253 e.